The quantitative estimate of drug-likeness (QED) is 0.719. The highest BCUT2D eigenvalue weighted by atomic mass is 15.3. The Morgan fingerprint density at radius 1 is 1.00 bits per heavy atom. The molecule has 0 bridgehead atoms. The van der Waals surface area contributed by atoms with Crippen molar-refractivity contribution in [2.24, 2.45) is 0 Å². The van der Waals surface area contributed by atoms with Crippen molar-refractivity contribution < 1.29 is 0 Å². The minimum absolute atomic E-state index is 0.701. The molecule has 0 unspecified atom stereocenters. The summed E-state index contributed by atoms with van der Waals surface area (Å²) in [4.78, 5) is 0. The van der Waals surface area contributed by atoms with Gasteiger partial charge in [0.2, 0.25) is 0 Å². The number of hydrogen-bond acceptors (Lipinski definition) is 1. The predicted molar refractivity (Wildman–Crippen MR) is 60.9 cm³/mol. The van der Waals surface area contributed by atoms with Crippen molar-refractivity contribution in [2.75, 3.05) is 0 Å². The Balaban J connectivity index is 1.71. The van der Waals surface area contributed by atoms with Crippen LogP contribution in [0.3, 0.4) is 0 Å². The van der Waals surface area contributed by atoms with E-state index in [4.69, 9.17) is 5.10 Å². The standard InChI is InChI=1S/C13H20N2/c1-2-7-12(8-3-1)15-10-9-13(14-15)11-5-4-6-11/h9-12H,1-8H2. The summed E-state index contributed by atoms with van der Waals surface area (Å²) < 4.78 is 2.24. The summed E-state index contributed by atoms with van der Waals surface area (Å²) in [6.45, 7) is 0. The molecule has 0 aliphatic heterocycles. The summed E-state index contributed by atoms with van der Waals surface area (Å²) in [7, 11) is 0. The van der Waals surface area contributed by atoms with Gasteiger partial charge in [-0.3, -0.25) is 4.68 Å². The van der Waals surface area contributed by atoms with Gasteiger partial charge in [0, 0.05) is 12.1 Å². The van der Waals surface area contributed by atoms with Crippen LogP contribution in [-0.4, -0.2) is 9.78 Å². The van der Waals surface area contributed by atoms with E-state index >= 15 is 0 Å². The molecule has 0 amide bonds. The third-order valence-electron chi connectivity index (χ3n) is 4.10. The fraction of sp³-hybridized carbons (Fsp3) is 0.769. The zero-order valence-corrected chi connectivity index (χ0v) is 9.36. The van der Waals surface area contributed by atoms with Crippen LogP contribution in [0.2, 0.25) is 0 Å². The number of aromatic nitrogens is 2. The van der Waals surface area contributed by atoms with Crippen LogP contribution >= 0.6 is 0 Å². The second kappa shape index (κ2) is 3.99. The molecule has 0 aromatic carbocycles. The van der Waals surface area contributed by atoms with Crippen LogP contribution < -0.4 is 0 Å². The van der Waals surface area contributed by atoms with E-state index in [1.54, 1.807) is 0 Å². The Kier molecular flexibility index (Phi) is 2.51. The number of hydrogen-bond donors (Lipinski definition) is 0. The number of rotatable bonds is 2. The Labute approximate surface area is 91.7 Å². The lowest BCUT2D eigenvalue weighted by Crippen LogP contribution is -2.15. The van der Waals surface area contributed by atoms with Crippen LogP contribution in [0.15, 0.2) is 12.3 Å². The summed E-state index contributed by atoms with van der Waals surface area (Å²) in [5.41, 5.74) is 1.35. The average molecular weight is 204 g/mol. The molecule has 0 saturated heterocycles. The van der Waals surface area contributed by atoms with Crippen molar-refractivity contribution in [1.29, 1.82) is 0 Å². The average Bonchev–Trinajstić information content (AvgIpc) is 2.66. The Bertz CT molecular complexity index is 319. The predicted octanol–water partition coefficient (Wildman–Crippen LogP) is 3.66. The maximum Gasteiger partial charge on any atom is 0.0655 e. The fourth-order valence-electron chi connectivity index (χ4n) is 2.82. The van der Waals surface area contributed by atoms with Gasteiger partial charge in [-0.1, -0.05) is 25.7 Å². The van der Waals surface area contributed by atoms with Gasteiger partial charge >= 0.3 is 0 Å². The van der Waals surface area contributed by atoms with E-state index < -0.39 is 0 Å². The normalized spacial score (nSPS) is 24.0. The summed E-state index contributed by atoms with van der Waals surface area (Å²) in [5.74, 6) is 0.787. The molecule has 1 aromatic rings. The smallest absolute Gasteiger partial charge is 0.0655 e. The van der Waals surface area contributed by atoms with Gasteiger partial charge in [0.1, 0.15) is 0 Å². The molecular weight excluding hydrogens is 184 g/mol. The molecule has 2 nitrogen and oxygen atoms in total. The summed E-state index contributed by atoms with van der Waals surface area (Å²) >= 11 is 0. The van der Waals surface area contributed by atoms with E-state index in [-0.39, 0.29) is 0 Å². The first-order valence-electron chi connectivity index (χ1n) is 6.48. The van der Waals surface area contributed by atoms with Crippen molar-refractivity contribution in [3.63, 3.8) is 0 Å². The Morgan fingerprint density at radius 2 is 1.80 bits per heavy atom. The lowest BCUT2D eigenvalue weighted by Gasteiger charge is -2.24. The zero-order chi connectivity index (χ0) is 10.1. The molecule has 2 saturated carbocycles. The van der Waals surface area contributed by atoms with Crippen LogP contribution in [-0.2, 0) is 0 Å². The van der Waals surface area contributed by atoms with E-state index in [2.05, 4.69) is 16.9 Å². The van der Waals surface area contributed by atoms with Crippen molar-refractivity contribution in [3.05, 3.63) is 18.0 Å². The van der Waals surface area contributed by atoms with Crippen LogP contribution in [0, 0.1) is 0 Å². The minimum atomic E-state index is 0.701. The third-order valence-corrected chi connectivity index (χ3v) is 4.10. The van der Waals surface area contributed by atoms with Gasteiger partial charge in [0.05, 0.1) is 11.7 Å². The molecule has 3 rings (SSSR count). The molecule has 1 aromatic heterocycles. The largest absolute Gasteiger partial charge is 0.269 e. The molecule has 2 aliphatic rings. The van der Waals surface area contributed by atoms with Crippen LogP contribution in [0.5, 0.6) is 0 Å². The highest BCUT2D eigenvalue weighted by Crippen LogP contribution is 2.36. The maximum atomic E-state index is 4.77. The monoisotopic (exact) mass is 204 g/mol. The molecule has 82 valence electrons. The van der Waals surface area contributed by atoms with E-state index in [1.807, 2.05) is 0 Å². The van der Waals surface area contributed by atoms with Gasteiger partial charge in [-0.05, 0) is 31.7 Å². The van der Waals surface area contributed by atoms with Crippen molar-refractivity contribution in [1.82, 2.24) is 9.78 Å². The maximum absolute atomic E-state index is 4.77. The van der Waals surface area contributed by atoms with Crippen molar-refractivity contribution >= 4 is 0 Å². The molecular formula is C13H20N2. The first-order chi connectivity index (χ1) is 7.43. The molecule has 0 radical (unpaired) electrons. The zero-order valence-electron chi connectivity index (χ0n) is 9.36. The van der Waals surface area contributed by atoms with Gasteiger partial charge in [-0.25, -0.2) is 0 Å². The Hall–Kier alpha value is -0.790. The van der Waals surface area contributed by atoms with E-state index in [0.717, 1.165) is 5.92 Å². The minimum Gasteiger partial charge on any atom is -0.269 e. The fourth-order valence-corrected chi connectivity index (χ4v) is 2.82. The van der Waals surface area contributed by atoms with Gasteiger partial charge in [0.25, 0.3) is 0 Å². The van der Waals surface area contributed by atoms with Gasteiger partial charge in [0.15, 0.2) is 0 Å². The Morgan fingerprint density at radius 3 is 2.47 bits per heavy atom. The highest BCUT2D eigenvalue weighted by molar-refractivity contribution is 5.09. The van der Waals surface area contributed by atoms with Crippen LogP contribution in [0.4, 0.5) is 0 Å². The summed E-state index contributed by atoms with van der Waals surface area (Å²) in [5, 5.41) is 4.77. The molecule has 0 spiro atoms. The van der Waals surface area contributed by atoms with E-state index in [1.165, 1.54) is 57.1 Å². The molecule has 0 N–H and O–H groups in total. The molecule has 2 fully saturated rings. The summed E-state index contributed by atoms with van der Waals surface area (Å²) in [6.07, 6.45) is 13.2. The first-order valence-corrected chi connectivity index (χ1v) is 6.48. The van der Waals surface area contributed by atoms with Crippen molar-refractivity contribution in [2.45, 2.75) is 63.3 Å². The topological polar surface area (TPSA) is 17.8 Å². The number of nitrogens with zero attached hydrogens (tertiary/aromatic N) is 2. The second-order valence-electron chi connectivity index (χ2n) is 5.14. The van der Waals surface area contributed by atoms with Crippen molar-refractivity contribution in [3.8, 4) is 0 Å². The summed E-state index contributed by atoms with van der Waals surface area (Å²) in [6, 6.07) is 2.95. The van der Waals surface area contributed by atoms with Gasteiger partial charge < -0.3 is 0 Å². The van der Waals surface area contributed by atoms with E-state index in [9.17, 15) is 0 Å². The molecule has 15 heavy (non-hydrogen) atoms. The third kappa shape index (κ3) is 1.82. The lowest BCUT2D eigenvalue weighted by atomic mass is 9.83. The van der Waals surface area contributed by atoms with Gasteiger partial charge in [-0.2, -0.15) is 5.10 Å². The van der Waals surface area contributed by atoms with E-state index in [0.29, 0.717) is 6.04 Å². The first kappa shape index (κ1) is 9.44. The second-order valence-corrected chi connectivity index (χ2v) is 5.14. The SMILES string of the molecule is c1cn(C2CCCCC2)nc1C1CCC1. The molecule has 2 heteroatoms. The molecule has 1 heterocycles. The van der Waals surface area contributed by atoms with Gasteiger partial charge in [-0.15, -0.1) is 0 Å². The molecule has 2 aliphatic carbocycles. The highest BCUT2D eigenvalue weighted by Gasteiger charge is 2.23. The lowest BCUT2D eigenvalue weighted by molar-refractivity contribution is 0.322. The van der Waals surface area contributed by atoms with Crippen LogP contribution in [0.1, 0.15) is 69.0 Å². The molecule has 0 atom stereocenters. The van der Waals surface area contributed by atoms with Crippen LogP contribution in [0.25, 0.3) is 0 Å².